The summed E-state index contributed by atoms with van der Waals surface area (Å²) < 4.78 is 15.3. The second kappa shape index (κ2) is 4.63. The fourth-order valence-corrected chi connectivity index (χ4v) is 1.88. The van der Waals surface area contributed by atoms with Crippen LogP contribution in [0.3, 0.4) is 0 Å². The Morgan fingerprint density at radius 2 is 2.24 bits per heavy atom. The first kappa shape index (κ1) is 11.7. The van der Waals surface area contributed by atoms with Gasteiger partial charge in [-0.25, -0.2) is 4.79 Å². The molecule has 1 heterocycles. The number of nitrogens with two attached hydrogens (primary N) is 1. The summed E-state index contributed by atoms with van der Waals surface area (Å²) in [4.78, 5) is 11.6. The molecule has 1 aromatic carbocycles. The summed E-state index contributed by atoms with van der Waals surface area (Å²) in [6, 6.07) is 3.25. The predicted molar refractivity (Wildman–Crippen MR) is 61.4 cm³/mol. The van der Waals surface area contributed by atoms with Crippen LogP contribution < -0.4 is 15.2 Å². The number of carbonyl (C=O) groups is 1. The first-order valence-corrected chi connectivity index (χ1v) is 5.36. The predicted octanol–water partition coefficient (Wildman–Crippen LogP) is 1.26. The van der Waals surface area contributed by atoms with Crippen LogP contribution in [0.2, 0.25) is 0 Å². The highest BCUT2D eigenvalue weighted by Gasteiger charge is 2.23. The van der Waals surface area contributed by atoms with Gasteiger partial charge < -0.3 is 19.9 Å². The topological polar surface area (TPSA) is 70.8 Å². The van der Waals surface area contributed by atoms with Crippen LogP contribution in [-0.4, -0.2) is 26.8 Å². The van der Waals surface area contributed by atoms with Gasteiger partial charge in [-0.2, -0.15) is 0 Å². The van der Waals surface area contributed by atoms with Crippen molar-refractivity contribution in [2.24, 2.45) is 5.73 Å². The Kier molecular flexibility index (Phi) is 3.19. The molecule has 0 amide bonds. The van der Waals surface area contributed by atoms with Crippen molar-refractivity contribution in [3.63, 3.8) is 0 Å². The van der Waals surface area contributed by atoms with Crippen LogP contribution >= 0.6 is 0 Å². The maximum atomic E-state index is 11.6. The van der Waals surface area contributed by atoms with E-state index < -0.39 is 5.97 Å². The molecule has 1 aromatic rings. The number of carbonyl (C=O) groups excluding carboxylic acids is 1. The smallest absolute Gasteiger partial charge is 0.341 e. The summed E-state index contributed by atoms with van der Waals surface area (Å²) in [5.41, 5.74) is 7.16. The zero-order valence-corrected chi connectivity index (χ0v) is 9.86. The van der Waals surface area contributed by atoms with Crippen molar-refractivity contribution < 1.29 is 19.0 Å². The monoisotopic (exact) mass is 237 g/mol. The molecule has 1 aliphatic heterocycles. The maximum absolute atomic E-state index is 11.6. The first-order chi connectivity index (χ1) is 8.17. The van der Waals surface area contributed by atoms with E-state index in [0.717, 1.165) is 12.0 Å². The average Bonchev–Trinajstić information content (AvgIpc) is 2.37. The largest absolute Gasteiger partial charge is 0.496 e. The summed E-state index contributed by atoms with van der Waals surface area (Å²) in [5.74, 6) is 0.667. The van der Waals surface area contributed by atoms with Crippen LogP contribution in [-0.2, 0) is 4.74 Å². The molecule has 1 aliphatic rings. The molecule has 0 saturated carbocycles. The minimum Gasteiger partial charge on any atom is -0.496 e. The Bertz CT molecular complexity index is 444. The highest BCUT2D eigenvalue weighted by Crippen LogP contribution is 2.36. The molecule has 1 atom stereocenters. The molecule has 17 heavy (non-hydrogen) atoms. The number of hydrogen-bond acceptors (Lipinski definition) is 5. The molecule has 0 spiro atoms. The second-order valence-corrected chi connectivity index (χ2v) is 3.83. The van der Waals surface area contributed by atoms with Crippen molar-refractivity contribution in [1.29, 1.82) is 0 Å². The fraction of sp³-hybridized carbons (Fsp3) is 0.417. The lowest BCUT2D eigenvalue weighted by Gasteiger charge is -2.24. The number of methoxy groups -OCH3 is 2. The molecule has 2 N–H and O–H groups in total. The highest BCUT2D eigenvalue weighted by molar-refractivity contribution is 5.93. The van der Waals surface area contributed by atoms with Gasteiger partial charge in [-0.05, 0) is 6.07 Å². The molecule has 5 heteroatoms. The molecule has 5 nitrogen and oxygen atoms in total. The number of fused-ring (bicyclic) bond motifs is 1. The molecule has 0 unspecified atom stereocenters. The van der Waals surface area contributed by atoms with E-state index in [1.807, 2.05) is 0 Å². The van der Waals surface area contributed by atoms with Crippen molar-refractivity contribution in [2.75, 3.05) is 20.8 Å². The maximum Gasteiger partial charge on any atom is 0.341 e. The van der Waals surface area contributed by atoms with E-state index in [9.17, 15) is 4.79 Å². The Labute approximate surface area is 99.5 Å². The van der Waals surface area contributed by atoms with Gasteiger partial charge in [-0.1, -0.05) is 0 Å². The first-order valence-electron chi connectivity index (χ1n) is 5.36. The van der Waals surface area contributed by atoms with Crippen molar-refractivity contribution in [3.8, 4) is 11.5 Å². The van der Waals surface area contributed by atoms with Crippen molar-refractivity contribution >= 4 is 5.97 Å². The average molecular weight is 237 g/mol. The number of esters is 1. The van der Waals surface area contributed by atoms with Gasteiger partial charge in [-0.15, -0.1) is 0 Å². The van der Waals surface area contributed by atoms with Crippen LogP contribution in [0.15, 0.2) is 12.1 Å². The molecule has 0 aromatic heterocycles. The zero-order chi connectivity index (χ0) is 12.4. The summed E-state index contributed by atoms with van der Waals surface area (Å²) in [6.07, 6.45) is 0.736. The number of hydrogen-bond donors (Lipinski definition) is 1. The molecule has 0 aliphatic carbocycles. The van der Waals surface area contributed by atoms with Crippen LogP contribution in [0.5, 0.6) is 11.5 Å². The minimum atomic E-state index is -0.442. The van der Waals surface area contributed by atoms with Crippen LogP contribution in [0.4, 0.5) is 0 Å². The summed E-state index contributed by atoms with van der Waals surface area (Å²) in [6.45, 7) is 0.578. The Morgan fingerprint density at radius 1 is 1.47 bits per heavy atom. The van der Waals surface area contributed by atoms with Crippen molar-refractivity contribution in [1.82, 2.24) is 0 Å². The normalized spacial score (nSPS) is 17.9. The molecular weight excluding hydrogens is 222 g/mol. The lowest BCUT2D eigenvalue weighted by Crippen LogP contribution is -2.21. The molecule has 0 radical (unpaired) electrons. The van der Waals surface area contributed by atoms with Gasteiger partial charge in [0.05, 0.1) is 20.8 Å². The summed E-state index contributed by atoms with van der Waals surface area (Å²) in [5, 5.41) is 0. The van der Waals surface area contributed by atoms with E-state index in [2.05, 4.69) is 0 Å². The van der Waals surface area contributed by atoms with Gasteiger partial charge in [0, 0.05) is 24.1 Å². The van der Waals surface area contributed by atoms with E-state index in [1.165, 1.54) is 14.2 Å². The van der Waals surface area contributed by atoms with Crippen LogP contribution in [0.25, 0.3) is 0 Å². The lowest BCUT2D eigenvalue weighted by molar-refractivity contribution is 0.0596. The van der Waals surface area contributed by atoms with E-state index >= 15 is 0 Å². The standard InChI is InChI=1S/C12H15NO4/c1-15-10-6-11-7(9(13)3-4-17-11)5-8(10)12(14)16-2/h5-6,9H,3-4,13H2,1-2H3/t9-/m1/s1. The zero-order valence-electron chi connectivity index (χ0n) is 9.86. The molecule has 0 fully saturated rings. The van der Waals surface area contributed by atoms with E-state index in [0.29, 0.717) is 23.7 Å². The highest BCUT2D eigenvalue weighted by atomic mass is 16.5. The number of benzene rings is 1. The molecule has 0 saturated heterocycles. The molecule has 2 rings (SSSR count). The van der Waals surface area contributed by atoms with E-state index in [1.54, 1.807) is 12.1 Å². The van der Waals surface area contributed by atoms with Crippen LogP contribution in [0, 0.1) is 0 Å². The molecular formula is C12H15NO4. The second-order valence-electron chi connectivity index (χ2n) is 3.83. The van der Waals surface area contributed by atoms with E-state index in [4.69, 9.17) is 19.9 Å². The Hall–Kier alpha value is -1.75. The van der Waals surface area contributed by atoms with Crippen molar-refractivity contribution in [2.45, 2.75) is 12.5 Å². The van der Waals surface area contributed by atoms with Gasteiger partial charge >= 0.3 is 5.97 Å². The van der Waals surface area contributed by atoms with Crippen molar-refractivity contribution in [3.05, 3.63) is 23.3 Å². The summed E-state index contributed by atoms with van der Waals surface area (Å²) in [7, 11) is 2.83. The van der Waals surface area contributed by atoms with Gasteiger partial charge in [0.2, 0.25) is 0 Å². The Balaban J connectivity index is 2.52. The summed E-state index contributed by atoms with van der Waals surface area (Å²) >= 11 is 0. The molecule has 92 valence electrons. The van der Waals surface area contributed by atoms with Gasteiger partial charge in [0.25, 0.3) is 0 Å². The SMILES string of the molecule is COC(=O)c1cc2c(cc1OC)OCC[C@H]2N. The molecule has 0 bridgehead atoms. The number of rotatable bonds is 2. The van der Waals surface area contributed by atoms with Crippen LogP contribution in [0.1, 0.15) is 28.4 Å². The van der Waals surface area contributed by atoms with Gasteiger partial charge in [0.15, 0.2) is 0 Å². The lowest BCUT2D eigenvalue weighted by atomic mass is 9.98. The van der Waals surface area contributed by atoms with Gasteiger partial charge in [-0.3, -0.25) is 0 Å². The fourth-order valence-electron chi connectivity index (χ4n) is 1.88. The van der Waals surface area contributed by atoms with E-state index in [-0.39, 0.29) is 6.04 Å². The number of ether oxygens (including phenoxy) is 3. The van der Waals surface area contributed by atoms with Gasteiger partial charge in [0.1, 0.15) is 17.1 Å². The third-order valence-electron chi connectivity index (χ3n) is 2.82. The Morgan fingerprint density at radius 3 is 2.88 bits per heavy atom. The minimum absolute atomic E-state index is 0.118. The quantitative estimate of drug-likeness (QED) is 0.784. The third-order valence-corrected chi connectivity index (χ3v) is 2.82. The third kappa shape index (κ3) is 2.06.